The van der Waals surface area contributed by atoms with Crippen molar-refractivity contribution in [2.45, 2.75) is 31.1 Å². The van der Waals surface area contributed by atoms with Gasteiger partial charge in [0.25, 0.3) is 5.91 Å². The lowest BCUT2D eigenvalue weighted by Crippen LogP contribution is -2.50. The highest BCUT2D eigenvalue weighted by atomic mass is 16.6. The topological polar surface area (TPSA) is 94.1 Å². The molecule has 1 saturated carbocycles. The van der Waals surface area contributed by atoms with Crippen LogP contribution in [0.5, 0.6) is 11.5 Å². The van der Waals surface area contributed by atoms with Gasteiger partial charge in [-0.15, -0.1) is 0 Å². The molecular formula is C24H28N4O5. The molecule has 0 bridgehead atoms. The van der Waals surface area contributed by atoms with Crippen LogP contribution in [0.2, 0.25) is 0 Å². The summed E-state index contributed by atoms with van der Waals surface area (Å²) < 4.78 is 16.9. The Labute approximate surface area is 192 Å². The SMILES string of the molecule is O=C(COC(=O)C1(c2ccc3c(c2)OCCO3)CCCC1)N1CCN(c2ncccn2)CC1. The molecule has 2 aromatic rings. The molecule has 174 valence electrons. The second-order valence-corrected chi connectivity index (χ2v) is 8.64. The van der Waals surface area contributed by atoms with Gasteiger partial charge in [-0.3, -0.25) is 9.59 Å². The van der Waals surface area contributed by atoms with Crippen LogP contribution in [0.3, 0.4) is 0 Å². The molecule has 9 nitrogen and oxygen atoms in total. The first-order valence-corrected chi connectivity index (χ1v) is 11.5. The van der Waals surface area contributed by atoms with Crippen molar-refractivity contribution in [3.8, 4) is 11.5 Å². The minimum atomic E-state index is -0.737. The van der Waals surface area contributed by atoms with Gasteiger partial charge in [0.1, 0.15) is 13.2 Å². The van der Waals surface area contributed by atoms with Crippen molar-refractivity contribution < 1.29 is 23.8 Å². The quantitative estimate of drug-likeness (QED) is 0.636. The zero-order valence-corrected chi connectivity index (χ0v) is 18.6. The summed E-state index contributed by atoms with van der Waals surface area (Å²) in [6.07, 6.45) is 6.71. The van der Waals surface area contributed by atoms with Crippen molar-refractivity contribution in [1.29, 1.82) is 0 Å². The third-order valence-corrected chi connectivity index (χ3v) is 6.74. The van der Waals surface area contributed by atoms with E-state index < -0.39 is 5.41 Å². The molecule has 1 amide bonds. The van der Waals surface area contributed by atoms with Gasteiger partial charge in [-0.1, -0.05) is 18.9 Å². The summed E-state index contributed by atoms with van der Waals surface area (Å²) >= 11 is 0. The van der Waals surface area contributed by atoms with E-state index in [0.29, 0.717) is 69.7 Å². The number of rotatable bonds is 5. The third kappa shape index (κ3) is 4.31. The molecule has 0 atom stereocenters. The monoisotopic (exact) mass is 452 g/mol. The number of carbonyl (C=O) groups is 2. The lowest BCUT2D eigenvalue weighted by atomic mass is 9.78. The number of nitrogens with zero attached hydrogens (tertiary/aromatic N) is 4. The maximum absolute atomic E-state index is 13.3. The summed E-state index contributed by atoms with van der Waals surface area (Å²) in [6.45, 7) is 3.15. The van der Waals surface area contributed by atoms with Gasteiger partial charge in [0, 0.05) is 38.6 Å². The van der Waals surface area contributed by atoms with Crippen molar-refractivity contribution in [3.05, 3.63) is 42.2 Å². The molecule has 3 aliphatic rings. The first kappa shape index (κ1) is 21.5. The lowest BCUT2D eigenvalue weighted by Gasteiger charge is -2.35. The van der Waals surface area contributed by atoms with Crippen LogP contribution in [0.4, 0.5) is 5.95 Å². The number of esters is 1. The first-order chi connectivity index (χ1) is 16.2. The molecule has 9 heteroatoms. The number of hydrogen-bond acceptors (Lipinski definition) is 8. The second-order valence-electron chi connectivity index (χ2n) is 8.64. The highest BCUT2D eigenvalue weighted by molar-refractivity contribution is 5.87. The number of carbonyl (C=O) groups excluding carboxylic acids is 2. The van der Waals surface area contributed by atoms with Crippen molar-refractivity contribution in [2.24, 2.45) is 0 Å². The molecule has 0 spiro atoms. The van der Waals surface area contributed by atoms with Crippen LogP contribution >= 0.6 is 0 Å². The average Bonchev–Trinajstić information content (AvgIpc) is 3.39. The summed E-state index contributed by atoms with van der Waals surface area (Å²) in [5.41, 5.74) is 0.137. The van der Waals surface area contributed by atoms with Crippen LogP contribution in [-0.2, 0) is 19.7 Å². The molecule has 3 heterocycles. The molecule has 0 unspecified atom stereocenters. The molecule has 1 saturated heterocycles. The summed E-state index contributed by atoms with van der Waals surface area (Å²) in [4.78, 5) is 38.3. The Morgan fingerprint density at radius 1 is 0.970 bits per heavy atom. The van der Waals surface area contributed by atoms with Gasteiger partial charge >= 0.3 is 5.97 Å². The standard InChI is InChI=1S/C24H28N4O5/c29-21(27-10-12-28(13-11-27)23-25-8-3-9-26-23)17-33-22(30)24(6-1-2-7-24)18-4-5-19-20(16-18)32-15-14-31-19/h3-5,8-9,16H,1-2,6-7,10-15,17H2. The summed E-state index contributed by atoms with van der Waals surface area (Å²) in [5.74, 6) is 1.52. The smallest absolute Gasteiger partial charge is 0.317 e. The van der Waals surface area contributed by atoms with E-state index in [-0.39, 0.29) is 18.5 Å². The van der Waals surface area contributed by atoms with Gasteiger partial charge in [0.15, 0.2) is 18.1 Å². The maximum Gasteiger partial charge on any atom is 0.317 e. The number of aromatic nitrogens is 2. The number of anilines is 1. The molecular weight excluding hydrogens is 424 g/mol. The van der Waals surface area contributed by atoms with Gasteiger partial charge in [-0.25, -0.2) is 9.97 Å². The van der Waals surface area contributed by atoms with E-state index in [4.69, 9.17) is 14.2 Å². The molecule has 1 aliphatic carbocycles. The van der Waals surface area contributed by atoms with Crippen molar-refractivity contribution in [2.75, 3.05) is 50.9 Å². The first-order valence-electron chi connectivity index (χ1n) is 11.5. The number of benzene rings is 1. The fourth-order valence-electron chi connectivity index (χ4n) is 4.90. The number of fused-ring (bicyclic) bond motifs is 1. The molecule has 2 aliphatic heterocycles. The highest BCUT2D eigenvalue weighted by Gasteiger charge is 2.45. The molecule has 5 rings (SSSR count). The van der Waals surface area contributed by atoms with Crippen molar-refractivity contribution >= 4 is 17.8 Å². The van der Waals surface area contributed by atoms with Crippen LogP contribution in [0.15, 0.2) is 36.7 Å². The van der Waals surface area contributed by atoms with Crippen molar-refractivity contribution in [3.63, 3.8) is 0 Å². The zero-order valence-electron chi connectivity index (χ0n) is 18.6. The van der Waals surface area contributed by atoms with Crippen LogP contribution in [0, 0.1) is 0 Å². The zero-order chi connectivity index (χ0) is 22.7. The maximum atomic E-state index is 13.3. The van der Waals surface area contributed by atoms with Gasteiger partial charge in [-0.05, 0) is 36.6 Å². The molecule has 0 N–H and O–H groups in total. The molecule has 1 aromatic heterocycles. The molecule has 1 aromatic carbocycles. The van der Waals surface area contributed by atoms with E-state index in [2.05, 4.69) is 9.97 Å². The number of piperazine rings is 1. The lowest BCUT2D eigenvalue weighted by molar-refractivity contribution is -0.157. The molecule has 0 radical (unpaired) electrons. The Kier molecular flexibility index (Phi) is 6.02. The third-order valence-electron chi connectivity index (χ3n) is 6.74. The van der Waals surface area contributed by atoms with Gasteiger partial charge < -0.3 is 24.0 Å². The highest BCUT2D eigenvalue weighted by Crippen LogP contribution is 2.45. The number of hydrogen-bond donors (Lipinski definition) is 0. The predicted molar refractivity (Wildman–Crippen MR) is 119 cm³/mol. The van der Waals surface area contributed by atoms with Gasteiger partial charge in [-0.2, -0.15) is 0 Å². The predicted octanol–water partition coefficient (Wildman–Crippen LogP) is 1.95. The normalized spacial score (nSPS) is 19.3. The van der Waals surface area contributed by atoms with Gasteiger partial charge in [0.05, 0.1) is 5.41 Å². The minimum Gasteiger partial charge on any atom is -0.486 e. The molecule has 2 fully saturated rings. The average molecular weight is 453 g/mol. The Balaban J connectivity index is 1.20. The summed E-state index contributed by atoms with van der Waals surface area (Å²) in [6, 6.07) is 7.46. The second kappa shape index (κ2) is 9.25. The number of amides is 1. The fraction of sp³-hybridized carbons (Fsp3) is 0.500. The fourth-order valence-corrected chi connectivity index (χ4v) is 4.90. The van der Waals surface area contributed by atoms with E-state index in [9.17, 15) is 9.59 Å². The Morgan fingerprint density at radius 3 is 2.39 bits per heavy atom. The van der Waals surface area contributed by atoms with E-state index in [1.807, 2.05) is 23.1 Å². The molecule has 33 heavy (non-hydrogen) atoms. The van der Waals surface area contributed by atoms with E-state index in [0.717, 1.165) is 18.4 Å². The van der Waals surface area contributed by atoms with Crippen LogP contribution in [0.1, 0.15) is 31.2 Å². The van der Waals surface area contributed by atoms with Crippen molar-refractivity contribution in [1.82, 2.24) is 14.9 Å². The Morgan fingerprint density at radius 2 is 1.67 bits per heavy atom. The largest absolute Gasteiger partial charge is 0.486 e. The van der Waals surface area contributed by atoms with E-state index in [1.165, 1.54) is 0 Å². The van der Waals surface area contributed by atoms with E-state index in [1.54, 1.807) is 23.4 Å². The summed E-state index contributed by atoms with van der Waals surface area (Å²) in [7, 11) is 0. The number of ether oxygens (including phenoxy) is 3. The Hall–Kier alpha value is -3.36. The van der Waals surface area contributed by atoms with E-state index >= 15 is 0 Å². The minimum absolute atomic E-state index is 0.174. The summed E-state index contributed by atoms with van der Waals surface area (Å²) in [5, 5.41) is 0. The van der Waals surface area contributed by atoms with Crippen LogP contribution in [0.25, 0.3) is 0 Å². The Bertz CT molecular complexity index is 1000. The van der Waals surface area contributed by atoms with Gasteiger partial charge in [0.2, 0.25) is 5.95 Å². The van der Waals surface area contributed by atoms with Crippen LogP contribution in [-0.4, -0.2) is 72.7 Å². The van der Waals surface area contributed by atoms with Crippen LogP contribution < -0.4 is 14.4 Å².